The third-order valence-corrected chi connectivity index (χ3v) is 2.72. The summed E-state index contributed by atoms with van der Waals surface area (Å²) in [5, 5.41) is 17.5. The van der Waals surface area contributed by atoms with Crippen molar-refractivity contribution in [3.8, 4) is 10.6 Å². The first kappa shape index (κ1) is 8.25. The van der Waals surface area contributed by atoms with Crippen molar-refractivity contribution in [3.63, 3.8) is 0 Å². The van der Waals surface area contributed by atoms with E-state index in [-0.39, 0.29) is 0 Å². The average Bonchev–Trinajstić information content (AvgIpc) is 2.67. The SMILES string of the molecule is CCc1nnc(-c2ccnnc2)s1. The Morgan fingerprint density at radius 3 is 2.85 bits per heavy atom. The van der Waals surface area contributed by atoms with Gasteiger partial charge in [-0.3, -0.25) is 0 Å². The van der Waals surface area contributed by atoms with Crippen LogP contribution in [0, 0.1) is 0 Å². The molecule has 0 spiro atoms. The van der Waals surface area contributed by atoms with E-state index in [1.807, 2.05) is 6.07 Å². The van der Waals surface area contributed by atoms with Crippen molar-refractivity contribution in [2.75, 3.05) is 0 Å². The molecular formula is C8H8N4S. The van der Waals surface area contributed by atoms with Crippen LogP contribution in [0.3, 0.4) is 0 Å². The van der Waals surface area contributed by atoms with Crippen LogP contribution in [-0.2, 0) is 6.42 Å². The largest absolute Gasteiger partial charge is 0.159 e. The standard InChI is InChI=1S/C8H8N4S/c1-2-7-11-12-8(13-7)6-3-4-9-10-5-6/h3-5H,2H2,1H3. The Labute approximate surface area is 79.7 Å². The fourth-order valence-electron chi connectivity index (χ4n) is 0.930. The maximum atomic E-state index is 4.06. The van der Waals surface area contributed by atoms with Crippen LogP contribution in [0.4, 0.5) is 0 Å². The van der Waals surface area contributed by atoms with Gasteiger partial charge in [0.05, 0.1) is 12.4 Å². The molecule has 0 unspecified atom stereocenters. The molecule has 0 radical (unpaired) electrons. The second-order valence-corrected chi connectivity index (χ2v) is 3.55. The van der Waals surface area contributed by atoms with E-state index in [2.05, 4.69) is 27.3 Å². The molecule has 66 valence electrons. The van der Waals surface area contributed by atoms with E-state index in [0.29, 0.717) is 0 Å². The molecule has 0 aromatic carbocycles. The molecule has 0 aliphatic heterocycles. The monoisotopic (exact) mass is 192 g/mol. The van der Waals surface area contributed by atoms with Crippen LogP contribution in [0.25, 0.3) is 10.6 Å². The van der Waals surface area contributed by atoms with Gasteiger partial charge in [0.25, 0.3) is 0 Å². The fourth-order valence-corrected chi connectivity index (χ4v) is 1.70. The van der Waals surface area contributed by atoms with Crippen molar-refractivity contribution in [2.24, 2.45) is 0 Å². The first-order valence-corrected chi connectivity index (χ1v) is 4.81. The molecule has 0 atom stereocenters. The van der Waals surface area contributed by atoms with Crippen LogP contribution in [0.1, 0.15) is 11.9 Å². The zero-order valence-corrected chi connectivity index (χ0v) is 7.95. The molecule has 0 aliphatic carbocycles. The van der Waals surface area contributed by atoms with Crippen molar-refractivity contribution in [1.82, 2.24) is 20.4 Å². The molecule has 13 heavy (non-hydrogen) atoms. The van der Waals surface area contributed by atoms with Crippen molar-refractivity contribution < 1.29 is 0 Å². The lowest BCUT2D eigenvalue weighted by Crippen LogP contribution is -1.81. The van der Waals surface area contributed by atoms with Gasteiger partial charge in [-0.1, -0.05) is 18.3 Å². The summed E-state index contributed by atoms with van der Waals surface area (Å²) in [6.45, 7) is 2.06. The third-order valence-electron chi connectivity index (χ3n) is 1.60. The Hall–Kier alpha value is -1.36. The lowest BCUT2D eigenvalue weighted by atomic mass is 10.3. The predicted octanol–water partition coefficient (Wildman–Crippen LogP) is 1.56. The van der Waals surface area contributed by atoms with Gasteiger partial charge in [-0.15, -0.1) is 10.2 Å². The summed E-state index contributed by atoms with van der Waals surface area (Å²) in [6.07, 6.45) is 4.28. The van der Waals surface area contributed by atoms with E-state index in [1.165, 1.54) is 0 Å². The van der Waals surface area contributed by atoms with Gasteiger partial charge in [0.2, 0.25) is 0 Å². The highest BCUT2D eigenvalue weighted by Gasteiger charge is 2.04. The summed E-state index contributed by atoms with van der Waals surface area (Å²) in [4.78, 5) is 0. The quantitative estimate of drug-likeness (QED) is 0.724. The first-order valence-electron chi connectivity index (χ1n) is 3.99. The van der Waals surface area contributed by atoms with Gasteiger partial charge < -0.3 is 0 Å². The van der Waals surface area contributed by atoms with Crippen LogP contribution in [-0.4, -0.2) is 20.4 Å². The van der Waals surface area contributed by atoms with E-state index in [1.54, 1.807) is 23.7 Å². The Kier molecular flexibility index (Phi) is 2.27. The fraction of sp³-hybridized carbons (Fsp3) is 0.250. The molecule has 2 heterocycles. The van der Waals surface area contributed by atoms with E-state index in [0.717, 1.165) is 22.0 Å². The molecule has 0 saturated heterocycles. The van der Waals surface area contributed by atoms with Gasteiger partial charge in [0, 0.05) is 5.56 Å². The number of hydrogen-bond acceptors (Lipinski definition) is 5. The van der Waals surface area contributed by atoms with Crippen LogP contribution in [0.5, 0.6) is 0 Å². The molecule has 4 nitrogen and oxygen atoms in total. The molecule has 5 heteroatoms. The van der Waals surface area contributed by atoms with Crippen molar-refractivity contribution >= 4 is 11.3 Å². The molecule has 2 aromatic heterocycles. The molecule has 0 fully saturated rings. The molecule has 2 aromatic rings. The molecule has 0 aliphatic rings. The first-order chi connectivity index (χ1) is 6.40. The minimum absolute atomic E-state index is 0.909. The van der Waals surface area contributed by atoms with Gasteiger partial charge in [0.15, 0.2) is 0 Å². The maximum absolute atomic E-state index is 4.06. The number of rotatable bonds is 2. The second kappa shape index (κ2) is 3.57. The van der Waals surface area contributed by atoms with Gasteiger partial charge in [-0.25, -0.2) is 0 Å². The number of aryl methyl sites for hydroxylation is 1. The predicted molar refractivity (Wildman–Crippen MR) is 50.3 cm³/mol. The Morgan fingerprint density at radius 2 is 2.23 bits per heavy atom. The Balaban J connectivity index is 2.36. The topological polar surface area (TPSA) is 51.6 Å². The minimum Gasteiger partial charge on any atom is -0.159 e. The van der Waals surface area contributed by atoms with Gasteiger partial charge in [0.1, 0.15) is 10.0 Å². The molecule has 0 bridgehead atoms. The molecule has 0 saturated carbocycles. The summed E-state index contributed by atoms with van der Waals surface area (Å²) in [7, 11) is 0. The van der Waals surface area contributed by atoms with E-state index in [9.17, 15) is 0 Å². The van der Waals surface area contributed by atoms with E-state index < -0.39 is 0 Å². The Morgan fingerprint density at radius 1 is 1.31 bits per heavy atom. The van der Waals surface area contributed by atoms with Crippen LogP contribution < -0.4 is 0 Å². The molecule has 2 rings (SSSR count). The van der Waals surface area contributed by atoms with Gasteiger partial charge >= 0.3 is 0 Å². The number of nitrogens with zero attached hydrogens (tertiary/aromatic N) is 4. The van der Waals surface area contributed by atoms with Crippen molar-refractivity contribution in [3.05, 3.63) is 23.5 Å². The second-order valence-electron chi connectivity index (χ2n) is 2.49. The van der Waals surface area contributed by atoms with E-state index in [4.69, 9.17) is 0 Å². The van der Waals surface area contributed by atoms with Crippen LogP contribution >= 0.6 is 11.3 Å². The lowest BCUT2D eigenvalue weighted by Gasteiger charge is -1.89. The smallest absolute Gasteiger partial charge is 0.149 e. The summed E-state index contributed by atoms with van der Waals surface area (Å²) in [6, 6.07) is 1.88. The molecular weight excluding hydrogens is 184 g/mol. The van der Waals surface area contributed by atoms with Crippen LogP contribution in [0.15, 0.2) is 18.5 Å². The van der Waals surface area contributed by atoms with Gasteiger partial charge in [-0.2, -0.15) is 10.2 Å². The summed E-state index contributed by atoms with van der Waals surface area (Å²) < 4.78 is 0. The van der Waals surface area contributed by atoms with Crippen LogP contribution in [0.2, 0.25) is 0 Å². The number of aromatic nitrogens is 4. The molecule has 0 amide bonds. The average molecular weight is 192 g/mol. The van der Waals surface area contributed by atoms with Gasteiger partial charge in [-0.05, 0) is 12.5 Å². The number of hydrogen-bond donors (Lipinski definition) is 0. The van der Waals surface area contributed by atoms with E-state index >= 15 is 0 Å². The zero-order valence-electron chi connectivity index (χ0n) is 7.14. The Bertz CT molecular complexity index is 384. The normalized spacial score (nSPS) is 10.2. The highest BCUT2D eigenvalue weighted by molar-refractivity contribution is 7.14. The maximum Gasteiger partial charge on any atom is 0.149 e. The third kappa shape index (κ3) is 1.70. The zero-order chi connectivity index (χ0) is 9.10. The lowest BCUT2D eigenvalue weighted by molar-refractivity contribution is 0.982. The van der Waals surface area contributed by atoms with Crippen molar-refractivity contribution in [1.29, 1.82) is 0 Å². The van der Waals surface area contributed by atoms with Crippen molar-refractivity contribution in [2.45, 2.75) is 13.3 Å². The molecule has 0 N–H and O–H groups in total. The highest BCUT2D eigenvalue weighted by atomic mass is 32.1. The summed E-state index contributed by atoms with van der Waals surface area (Å²) in [5.74, 6) is 0. The highest BCUT2D eigenvalue weighted by Crippen LogP contribution is 2.21. The summed E-state index contributed by atoms with van der Waals surface area (Å²) in [5.41, 5.74) is 0.979. The minimum atomic E-state index is 0.909. The summed E-state index contributed by atoms with van der Waals surface area (Å²) >= 11 is 1.60.